The Kier molecular flexibility index (Phi) is 11.8. The number of rotatable bonds is 13. The number of esters is 1. The van der Waals surface area contributed by atoms with Crippen molar-refractivity contribution in [1.82, 2.24) is 5.32 Å². The van der Waals surface area contributed by atoms with Gasteiger partial charge in [0.05, 0.1) is 18.2 Å². The van der Waals surface area contributed by atoms with E-state index in [9.17, 15) is 14.9 Å². The first-order valence-electron chi connectivity index (χ1n) is 11.6. The average Bonchev–Trinajstić information content (AvgIpc) is 2.86. The van der Waals surface area contributed by atoms with Crippen molar-refractivity contribution in [1.29, 1.82) is 5.26 Å². The highest BCUT2D eigenvalue weighted by Gasteiger charge is 2.13. The maximum atomic E-state index is 12.3. The molecule has 2 aromatic carbocycles. The first-order chi connectivity index (χ1) is 16.9. The van der Waals surface area contributed by atoms with Crippen molar-refractivity contribution in [2.24, 2.45) is 0 Å². The van der Waals surface area contributed by atoms with Crippen LogP contribution in [0, 0.1) is 11.3 Å². The second kappa shape index (κ2) is 14.8. The first-order valence-corrected chi connectivity index (χ1v) is 12.4. The molecule has 2 rings (SSSR count). The smallest absolute Gasteiger partial charge is 0.311 e. The molecule has 0 atom stereocenters. The van der Waals surface area contributed by atoms with Gasteiger partial charge in [0.2, 0.25) is 0 Å². The second-order valence-corrected chi connectivity index (χ2v) is 8.59. The zero-order valence-corrected chi connectivity index (χ0v) is 21.9. The van der Waals surface area contributed by atoms with Gasteiger partial charge in [0.1, 0.15) is 17.4 Å². The summed E-state index contributed by atoms with van der Waals surface area (Å²) in [7, 11) is 1.46. The summed E-state index contributed by atoms with van der Waals surface area (Å²) in [5.41, 5.74) is 1.78. The SMILES string of the molecule is CCCCNC(=O)/C(C#N)=C/c1ccc(OC(=O)CCCOc2ccc(CC)cc2Br)c(OC)c1. The molecule has 0 bridgehead atoms. The highest BCUT2D eigenvalue weighted by atomic mass is 79.9. The molecule has 0 heterocycles. The minimum Gasteiger partial charge on any atom is -0.493 e. The number of ether oxygens (including phenoxy) is 3. The number of carbonyl (C=O) groups excluding carboxylic acids is 2. The van der Waals surface area contributed by atoms with E-state index < -0.39 is 11.9 Å². The van der Waals surface area contributed by atoms with Gasteiger partial charge in [-0.05, 0) is 76.7 Å². The molecule has 7 nitrogen and oxygen atoms in total. The quantitative estimate of drug-likeness (QED) is 0.116. The third-order valence-corrected chi connectivity index (χ3v) is 5.71. The van der Waals surface area contributed by atoms with Crippen LogP contribution in [0.25, 0.3) is 6.08 Å². The van der Waals surface area contributed by atoms with Crippen LogP contribution in [0.3, 0.4) is 0 Å². The largest absolute Gasteiger partial charge is 0.493 e. The monoisotopic (exact) mass is 542 g/mol. The minimum absolute atomic E-state index is 0.0103. The predicted molar refractivity (Wildman–Crippen MR) is 138 cm³/mol. The average molecular weight is 543 g/mol. The Hall–Kier alpha value is -3.31. The third kappa shape index (κ3) is 9.10. The zero-order chi connectivity index (χ0) is 25.6. The van der Waals surface area contributed by atoms with Crippen molar-refractivity contribution in [3.8, 4) is 23.3 Å². The van der Waals surface area contributed by atoms with Gasteiger partial charge in [-0.3, -0.25) is 9.59 Å². The molecule has 0 fully saturated rings. The van der Waals surface area contributed by atoms with Crippen LogP contribution in [0.1, 0.15) is 50.7 Å². The molecule has 0 spiro atoms. The van der Waals surface area contributed by atoms with Crippen molar-refractivity contribution >= 4 is 33.9 Å². The molecule has 0 aromatic heterocycles. The topological polar surface area (TPSA) is 97.7 Å². The summed E-state index contributed by atoms with van der Waals surface area (Å²) in [5.74, 6) is 0.484. The van der Waals surface area contributed by atoms with Gasteiger partial charge in [0, 0.05) is 13.0 Å². The van der Waals surface area contributed by atoms with Gasteiger partial charge in [-0.15, -0.1) is 0 Å². The lowest BCUT2D eigenvalue weighted by molar-refractivity contribution is -0.134. The van der Waals surface area contributed by atoms with Crippen LogP contribution in [-0.2, 0) is 16.0 Å². The maximum Gasteiger partial charge on any atom is 0.311 e. The number of amides is 1. The van der Waals surface area contributed by atoms with E-state index in [4.69, 9.17) is 14.2 Å². The third-order valence-electron chi connectivity index (χ3n) is 5.09. The molecule has 1 amide bonds. The predicted octanol–water partition coefficient (Wildman–Crippen LogP) is 5.61. The van der Waals surface area contributed by atoms with Crippen LogP contribution in [0.4, 0.5) is 0 Å². The summed E-state index contributed by atoms with van der Waals surface area (Å²) in [4.78, 5) is 24.5. The highest BCUT2D eigenvalue weighted by molar-refractivity contribution is 9.10. The van der Waals surface area contributed by atoms with Crippen LogP contribution in [0.2, 0.25) is 0 Å². The minimum atomic E-state index is -0.425. The van der Waals surface area contributed by atoms with Gasteiger partial charge in [0.15, 0.2) is 11.5 Å². The molecule has 0 aliphatic rings. The van der Waals surface area contributed by atoms with Crippen molar-refractivity contribution in [2.75, 3.05) is 20.3 Å². The molecular formula is C27H31BrN2O5. The second-order valence-electron chi connectivity index (χ2n) is 7.73. The summed E-state index contributed by atoms with van der Waals surface area (Å²) in [6.07, 6.45) is 4.86. The van der Waals surface area contributed by atoms with E-state index in [1.165, 1.54) is 18.7 Å². The molecule has 0 saturated carbocycles. The van der Waals surface area contributed by atoms with Crippen molar-refractivity contribution in [3.63, 3.8) is 0 Å². The Morgan fingerprint density at radius 1 is 1.09 bits per heavy atom. The lowest BCUT2D eigenvalue weighted by Crippen LogP contribution is -2.25. The summed E-state index contributed by atoms with van der Waals surface area (Å²) >= 11 is 3.50. The Labute approximate surface area is 215 Å². The number of hydrogen-bond acceptors (Lipinski definition) is 6. The molecule has 0 aliphatic heterocycles. The molecule has 186 valence electrons. The number of unbranched alkanes of at least 4 members (excludes halogenated alkanes) is 1. The Morgan fingerprint density at radius 3 is 2.51 bits per heavy atom. The van der Waals surface area contributed by atoms with Crippen LogP contribution in [0.15, 0.2) is 46.4 Å². The molecule has 8 heteroatoms. The highest BCUT2D eigenvalue weighted by Crippen LogP contribution is 2.30. The van der Waals surface area contributed by atoms with Crippen molar-refractivity contribution in [3.05, 3.63) is 57.6 Å². The summed E-state index contributed by atoms with van der Waals surface area (Å²) in [5, 5.41) is 12.1. The fourth-order valence-corrected chi connectivity index (χ4v) is 3.64. The maximum absolute atomic E-state index is 12.3. The van der Waals surface area contributed by atoms with E-state index in [0.29, 0.717) is 30.9 Å². The number of hydrogen-bond donors (Lipinski definition) is 1. The molecule has 35 heavy (non-hydrogen) atoms. The fourth-order valence-electron chi connectivity index (χ4n) is 3.10. The summed E-state index contributed by atoms with van der Waals surface area (Å²) < 4.78 is 17.4. The van der Waals surface area contributed by atoms with E-state index >= 15 is 0 Å². The Bertz CT molecular complexity index is 1090. The van der Waals surface area contributed by atoms with E-state index in [1.54, 1.807) is 18.2 Å². The van der Waals surface area contributed by atoms with Crippen LogP contribution in [-0.4, -0.2) is 32.1 Å². The summed E-state index contributed by atoms with van der Waals surface area (Å²) in [6.45, 7) is 5.00. The number of nitrogens with zero attached hydrogens (tertiary/aromatic N) is 1. The van der Waals surface area contributed by atoms with Crippen LogP contribution >= 0.6 is 15.9 Å². The normalized spacial score (nSPS) is 10.9. The first kappa shape index (κ1) is 27.9. The van der Waals surface area contributed by atoms with Gasteiger partial charge in [0.25, 0.3) is 5.91 Å². The molecule has 0 unspecified atom stereocenters. The Morgan fingerprint density at radius 2 is 1.86 bits per heavy atom. The zero-order valence-electron chi connectivity index (χ0n) is 20.4. The van der Waals surface area contributed by atoms with Gasteiger partial charge >= 0.3 is 5.97 Å². The molecule has 0 radical (unpaired) electrons. The molecule has 2 aromatic rings. The molecule has 0 saturated heterocycles. The van der Waals surface area contributed by atoms with Gasteiger partial charge in [-0.25, -0.2) is 0 Å². The lowest BCUT2D eigenvalue weighted by Gasteiger charge is -2.11. The van der Waals surface area contributed by atoms with Crippen LogP contribution < -0.4 is 19.5 Å². The van der Waals surface area contributed by atoms with Gasteiger partial charge in [-0.1, -0.05) is 32.4 Å². The number of nitriles is 1. The number of aryl methyl sites for hydroxylation is 1. The van der Waals surface area contributed by atoms with Crippen molar-refractivity contribution < 1.29 is 23.8 Å². The number of benzene rings is 2. The fraction of sp³-hybridized carbons (Fsp3) is 0.370. The van der Waals surface area contributed by atoms with E-state index in [-0.39, 0.29) is 17.7 Å². The molecule has 1 N–H and O–H groups in total. The summed E-state index contributed by atoms with van der Waals surface area (Å²) in [6, 6.07) is 12.7. The molecular weight excluding hydrogens is 512 g/mol. The van der Waals surface area contributed by atoms with Crippen molar-refractivity contribution in [2.45, 2.75) is 46.0 Å². The van der Waals surface area contributed by atoms with E-state index in [1.807, 2.05) is 31.2 Å². The van der Waals surface area contributed by atoms with E-state index in [2.05, 4.69) is 28.2 Å². The number of methoxy groups -OCH3 is 1. The molecule has 0 aliphatic carbocycles. The Balaban J connectivity index is 1.92. The standard InChI is InChI=1S/C27H31BrN2O5/c1-4-6-13-30-27(32)21(18-29)15-20-10-12-24(25(17-20)33-3)35-26(31)8-7-14-34-23-11-9-19(5-2)16-22(23)28/h9-12,15-17H,4-8,13-14H2,1-3H3,(H,30,32)/b21-15+. The van der Waals surface area contributed by atoms with Gasteiger partial charge in [-0.2, -0.15) is 5.26 Å². The number of nitrogens with one attached hydrogen (secondary N) is 1. The van der Waals surface area contributed by atoms with Crippen LogP contribution in [0.5, 0.6) is 17.2 Å². The van der Waals surface area contributed by atoms with Gasteiger partial charge < -0.3 is 19.5 Å². The number of halogens is 1. The number of carbonyl (C=O) groups is 2. The lowest BCUT2D eigenvalue weighted by atomic mass is 10.1. The van der Waals surface area contributed by atoms with E-state index in [0.717, 1.165) is 29.5 Å².